The van der Waals surface area contributed by atoms with E-state index in [2.05, 4.69) is 12.6 Å². The SMILES string of the molecule is Cc1ccc([P+](CS)(CCO)C(O)O)cc1. The van der Waals surface area contributed by atoms with Crippen LogP contribution in [-0.2, 0) is 0 Å². The van der Waals surface area contributed by atoms with Crippen LogP contribution in [0.2, 0.25) is 0 Å². The predicted octanol–water partition coefficient (Wildman–Crippen LogP) is 0.786. The summed E-state index contributed by atoms with van der Waals surface area (Å²) in [7, 11) is -2.20. The van der Waals surface area contributed by atoms with Crippen molar-refractivity contribution in [2.45, 2.75) is 13.0 Å². The minimum atomic E-state index is -2.20. The van der Waals surface area contributed by atoms with Gasteiger partial charge in [-0.2, -0.15) is 0 Å². The number of aliphatic hydroxyl groups is 3. The second-order valence-electron chi connectivity index (χ2n) is 3.80. The second kappa shape index (κ2) is 5.99. The van der Waals surface area contributed by atoms with Gasteiger partial charge in [0.1, 0.15) is 18.1 Å². The second-order valence-corrected chi connectivity index (χ2v) is 8.43. The van der Waals surface area contributed by atoms with Crippen LogP contribution in [0.5, 0.6) is 0 Å². The van der Waals surface area contributed by atoms with Crippen molar-refractivity contribution >= 4 is 25.2 Å². The first-order valence-electron chi connectivity index (χ1n) is 5.08. The molecule has 16 heavy (non-hydrogen) atoms. The van der Waals surface area contributed by atoms with Gasteiger partial charge < -0.3 is 15.3 Å². The van der Waals surface area contributed by atoms with E-state index in [1.807, 2.05) is 31.2 Å². The molecule has 0 amide bonds. The molecule has 0 heterocycles. The van der Waals surface area contributed by atoms with Crippen molar-refractivity contribution in [2.24, 2.45) is 0 Å². The predicted molar refractivity (Wildman–Crippen MR) is 71.8 cm³/mol. The number of thiol groups is 1. The largest absolute Gasteiger partial charge is 0.393 e. The number of rotatable bonds is 5. The van der Waals surface area contributed by atoms with E-state index in [0.29, 0.717) is 11.7 Å². The smallest absolute Gasteiger partial charge is 0.274 e. The molecule has 90 valence electrons. The van der Waals surface area contributed by atoms with E-state index >= 15 is 0 Å². The molecule has 0 aliphatic rings. The molecule has 0 aliphatic carbocycles. The molecule has 0 aromatic heterocycles. The van der Waals surface area contributed by atoms with Crippen LogP contribution < -0.4 is 5.30 Å². The summed E-state index contributed by atoms with van der Waals surface area (Å²) in [5.41, 5.74) is 1.51. The maximum atomic E-state index is 9.56. The number of aliphatic hydroxyl groups excluding tert-OH is 2. The van der Waals surface area contributed by atoms with Gasteiger partial charge in [0.15, 0.2) is 0 Å². The van der Waals surface area contributed by atoms with E-state index in [1.165, 1.54) is 0 Å². The van der Waals surface area contributed by atoms with E-state index in [-0.39, 0.29) is 6.61 Å². The van der Waals surface area contributed by atoms with Crippen molar-refractivity contribution in [3.8, 4) is 0 Å². The summed E-state index contributed by atoms with van der Waals surface area (Å²) in [5.74, 6) is 0. The zero-order valence-electron chi connectivity index (χ0n) is 9.24. The van der Waals surface area contributed by atoms with Crippen molar-refractivity contribution in [1.82, 2.24) is 0 Å². The number of hydrogen-bond acceptors (Lipinski definition) is 4. The Kier molecular flexibility index (Phi) is 5.22. The third kappa shape index (κ3) is 2.76. The first-order valence-corrected chi connectivity index (χ1v) is 7.95. The van der Waals surface area contributed by atoms with Crippen molar-refractivity contribution in [1.29, 1.82) is 0 Å². The van der Waals surface area contributed by atoms with E-state index in [0.717, 1.165) is 10.9 Å². The van der Waals surface area contributed by atoms with Crippen molar-refractivity contribution in [3.05, 3.63) is 29.8 Å². The van der Waals surface area contributed by atoms with E-state index in [1.54, 1.807) is 0 Å². The summed E-state index contributed by atoms with van der Waals surface area (Å²) >= 11 is 4.23. The molecule has 1 aromatic rings. The van der Waals surface area contributed by atoms with Gasteiger partial charge in [-0.05, 0) is 19.1 Å². The molecule has 0 radical (unpaired) electrons. The van der Waals surface area contributed by atoms with Crippen LogP contribution >= 0.6 is 19.9 Å². The zero-order valence-corrected chi connectivity index (χ0v) is 11.0. The van der Waals surface area contributed by atoms with Crippen molar-refractivity contribution in [3.63, 3.8) is 0 Å². The van der Waals surface area contributed by atoms with Crippen LogP contribution in [0, 0.1) is 6.92 Å². The third-order valence-electron chi connectivity index (χ3n) is 2.74. The van der Waals surface area contributed by atoms with Gasteiger partial charge in [-0.1, -0.05) is 17.7 Å². The minimum absolute atomic E-state index is 0.0557. The molecule has 1 atom stereocenters. The Morgan fingerprint density at radius 2 is 1.81 bits per heavy atom. The first kappa shape index (κ1) is 13.9. The van der Waals surface area contributed by atoms with Gasteiger partial charge in [0, 0.05) is 0 Å². The molecular formula is C11H18O3PS+. The zero-order chi connectivity index (χ0) is 12.2. The number of benzene rings is 1. The summed E-state index contributed by atoms with van der Waals surface area (Å²) in [6, 6.07) is 6.25. The fraction of sp³-hybridized carbons (Fsp3) is 0.455. The first-order chi connectivity index (χ1) is 7.56. The average molecular weight is 261 g/mol. The topological polar surface area (TPSA) is 60.7 Å². The molecular weight excluding hydrogens is 243 g/mol. The van der Waals surface area contributed by atoms with Gasteiger partial charge in [-0.15, -0.1) is 12.6 Å². The highest BCUT2D eigenvalue weighted by atomic mass is 32.1. The molecule has 0 spiro atoms. The van der Waals surface area contributed by atoms with Gasteiger partial charge in [-0.3, -0.25) is 0 Å². The Morgan fingerprint density at radius 3 is 2.19 bits per heavy atom. The Hall–Kier alpha value is -0.120. The molecule has 0 fully saturated rings. The van der Waals surface area contributed by atoms with Gasteiger partial charge in [-0.25, -0.2) is 0 Å². The van der Waals surface area contributed by atoms with Gasteiger partial charge >= 0.3 is 0 Å². The molecule has 0 saturated heterocycles. The Bertz CT molecular complexity index is 329. The molecule has 0 bridgehead atoms. The van der Waals surface area contributed by atoms with E-state index < -0.39 is 13.3 Å². The summed E-state index contributed by atoms with van der Waals surface area (Å²) in [4.78, 5) is 0. The summed E-state index contributed by atoms with van der Waals surface area (Å²) in [6.45, 7) is 1.92. The Morgan fingerprint density at radius 1 is 1.25 bits per heavy atom. The van der Waals surface area contributed by atoms with Gasteiger partial charge in [0.2, 0.25) is 0 Å². The Labute approximate surface area is 102 Å². The maximum Gasteiger partial charge on any atom is 0.274 e. The van der Waals surface area contributed by atoms with Crippen LogP contribution in [0.3, 0.4) is 0 Å². The van der Waals surface area contributed by atoms with E-state index in [9.17, 15) is 10.2 Å². The average Bonchev–Trinajstić information content (AvgIpc) is 2.27. The fourth-order valence-corrected chi connectivity index (χ4v) is 5.28. The normalized spacial score (nSPS) is 15.1. The molecule has 3 nitrogen and oxygen atoms in total. The van der Waals surface area contributed by atoms with Crippen molar-refractivity contribution < 1.29 is 15.3 Å². The molecule has 1 aromatic carbocycles. The minimum Gasteiger partial charge on any atom is -0.393 e. The van der Waals surface area contributed by atoms with E-state index in [4.69, 9.17) is 5.11 Å². The molecule has 0 saturated carbocycles. The molecule has 3 N–H and O–H groups in total. The number of aryl methyl sites for hydroxylation is 1. The van der Waals surface area contributed by atoms with Gasteiger partial charge in [0.25, 0.3) is 6.03 Å². The van der Waals surface area contributed by atoms with Crippen LogP contribution in [-0.4, -0.2) is 39.6 Å². The standard InChI is InChI=1S/C11H17O3PS/c1-9-2-4-10(5-3-9)15(8-16,7-6-12)11(13)14/h2-5,11-14H,6-8H2,1H3/p+1. The summed E-state index contributed by atoms with van der Waals surface area (Å²) in [5, 5.41) is 29.1. The lowest BCUT2D eigenvalue weighted by Crippen LogP contribution is -2.27. The monoisotopic (exact) mass is 261 g/mol. The fourth-order valence-electron chi connectivity index (χ4n) is 1.62. The van der Waals surface area contributed by atoms with Crippen LogP contribution in [0.1, 0.15) is 5.56 Å². The molecule has 0 aliphatic heterocycles. The molecule has 1 unspecified atom stereocenters. The third-order valence-corrected chi connectivity index (χ3v) is 7.97. The maximum absolute atomic E-state index is 9.56. The van der Waals surface area contributed by atoms with Crippen LogP contribution in [0.15, 0.2) is 24.3 Å². The highest BCUT2D eigenvalue weighted by Gasteiger charge is 2.45. The van der Waals surface area contributed by atoms with Crippen LogP contribution in [0.4, 0.5) is 0 Å². The lowest BCUT2D eigenvalue weighted by molar-refractivity contribution is 0.0325. The summed E-state index contributed by atoms with van der Waals surface area (Å²) < 4.78 is 0. The molecule has 5 heteroatoms. The molecule has 1 rings (SSSR count). The van der Waals surface area contributed by atoms with Gasteiger partial charge in [0.05, 0.1) is 12.8 Å². The lowest BCUT2D eigenvalue weighted by Gasteiger charge is -2.26. The van der Waals surface area contributed by atoms with Crippen LogP contribution in [0.25, 0.3) is 0 Å². The highest BCUT2D eigenvalue weighted by Crippen LogP contribution is 2.60. The number of hydrogen-bond donors (Lipinski definition) is 4. The highest BCUT2D eigenvalue weighted by molar-refractivity contribution is 7.98. The lowest BCUT2D eigenvalue weighted by atomic mass is 10.2. The Balaban J connectivity index is 3.13. The van der Waals surface area contributed by atoms with Crippen molar-refractivity contribution in [2.75, 3.05) is 18.3 Å². The summed E-state index contributed by atoms with van der Waals surface area (Å²) in [6.07, 6.45) is 0.386. The quantitative estimate of drug-likeness (QED) is 0.360.